The Hall–Kier alpha value is -1.71. The summed E-state index contributed by atoms with van der Waals surface area (Å²) in [6.07, 6.45) is 0.608. The Morgan fingerprint density at radius 1 is 1.21 bits per heavy atom. The highest BCUT2D eigenvalue weighted by Gasteiger charge is 2.41. The maximum absolute atomic E-state index is 14.1. The summed E-state index contributed by atoms with van der Waals surface area (Å²) in [7, 11) is 0. The Morgan fingerprint density at radius 3 is 2.63 bits per heavy atom. The molecule has 0 saturated heterocycles. The fourth-order valence-electron chi connectivity index (χ4n) is 2.99. The lowest BCUT2D eigenvalue weighted by Crippen LogP contribution is -2.07. The minimum absolute atomic E-state index is 0.00139. The van der Waals surface area contributed by atoms with Gasteiger partial charge in [0.1, 0.15) is 0 Å². The molecule has 1 fully saturated rings. The molecule has 0 spiro atoms. The van der Waals surface area contributed by atoms with Crippen LogP contribution in [0, 0.1) is 5.92 Å². The van der Waals surface area contributed by atoms with Crippen LogP contribution in [0.2, 0.25) is 0 Å². The molecule has 2 heterocycles. The van der Waals surface area contributed by atoms with E-state index < -0.39 is 6.17 Å². The van der Waals surface area contributed by atoms with Crippen molar-refractivity contribution in [3.8, 4) is 0 Å². The third-order valence-electron chi connectivity index (χ3n) is 4.31. The van der Waals surface area contributed by atoms with Gasteiger partial charge < -0.3 is 0 Å². The van der Waals surface area contributed by atoms with Crippen LogP contribution in [0.3, 0.4) is 0 Å². The van der Waals surface area contributed by atoms with Gasteiger partial charge in [-0.2, -0.15) is 5.10 Å². The molecular formula is C15H16FN3. The molecule has 2 aromatic rings. The molecule has 1 aromatic carbocycles. The van der Waals surface area contributed by atoms with E-state index in [1.54, 1.807) is 4.68 Å². The van der Waals surface area contributed by atoms with Crippen LogP contribution in [-0.4, -0.2) is 14.8 Å². The summed E-state index contributed by atoms with van der Waals surface area (Å²) in [6.45, 7) is 2.19. The molecule has 4 rings (SSSR count). The number of halogens is 1. The first-order chi connectivity index (χ1) is 9.24. The number of hydrogen-bond acceptors (Lipinski definition) is 2. The van der Waals surface area contributed by atoms with Gasteiger partial charge in [-0.15, -0.1) is 0 Å². The van der Waals surface area contributed by atoms with Crippen molar-refractivity contribution in [3.05, 3.63) is 47.5 Å². The smallest absolute Gasteiger partial charge is 0.162 e. The van der Waals surface area contributed by atoms with Gasteiger partial charge in [-0.1, -0.05) is 37.3 Å². The molecular weight excluding hydrogens is 241 g/mol. The first kappa shape index (κ1) is 11.1. The van der Waals surface area contributed by atoms with Crippen molar-refractivity contribution in [2.24, 2.45) is 5.92 Å². The van der Waals surface area contributed by atoms with E-state index in [0.29, 0.717) is 24.1 Å². The molecule has 4 atom stereocenters. The number of benzene rings is 1. The van der Waals surface area contributed by atoms with E-state index in [4.69, 9.17) is 0 Å². The van der Waals surface area contributed by atoms with Crippen molar-refractivity contribution in [1.82, 2.24) is 14.8 Å². The lowest BCUT2D eigenvalue weighted by atomic mass is 10.0. The Balaban J connectivity index is 1.73. The van der Waals surface area contributed by atoms with Crippen molar-refractivity contribution in [2.45, 2.75) is 37.9 Å². The molecule has 98 valence electrons. The second kappa shape index (κ2) is 3.89. The van der Waals surface area contributed by atoms with Crippen LogP contribution in [0.4, 0.5) is 4.39 Å². The largest absolute Gasteiger partial charge is 0.239 e. The van der Waals surface area contributed by atoms with Crippen molar-refractivity contribution in [2.75, 3.05) is 0 Å². The highest BCUT2D eigenvalue weighted by molar-refractivity contribution is 5.24. The SMILES string of the molecule is C[C@@H]1C[C@H]1c1nc2n(n1)[C@H](c1ccccc1)C[C@@H]2F. The quantitative estimate of drug-likeness (QED) is 0.825. The summed E-state index contributed by atoms with van der Waals surface area (Å²) in [6, 6.07) is 10.0. The van der Waals surface area contributed by atoms with Gasteiger partial charge in [-0.25, -0.2) is 14.1 Å². The molecule has 1 aromatic heterocycles. The summed E-state index contributed by atoms with van der Waals surface area (Å²) >= 11 is 0. The summed E-state index contributed by atoms with van der Waals surface area (Å²) in [5, 5.41) is 4.58. The van der Waals surface area contributed by atoms with E-state index >= 15 is 0 Å². The first-order valence-corrected chi connectivity index (χ1v) is 6.89. The molecule has 19 heavy (non-hydrogen) atoms. The van der Waals surface area contributed by atoms with Gasteiger partial charge in [-0.3, -0.25) is 0 Å². The van der Waals surface area contributed by atoms with Crippen molar-refractivity contribution < 1.29 is 4.39 Å². The van der Waals surface area contributed by atoms with Crippen molar-refractivity contribution in [3.63, 3.8) is 0 Å². The van der Waals surface area contributed by atoms with Crippen molar-refractivity contribution >= 4 is 0 Å². The molecule has 0 unspecified atom stereocenters. The highest BCUT2D eigenvalue weighted by Crippen LogP contribution is 2.47. The molecule has 1 aliphatic carbocycles. The minimum atomic E-state index is -0.986. The van der Waals surface area contributed by atoms with Crippen LogP contribution in [0.25, 0.3) is 0 Å². The summed E-state index contributed by atoms with van der Waals surface area (Å²) in [5.74, 6) is 2.45. The summed E-state index contributed by atoms with van der Waals surface area (Å²) in [5.41, 5.74) is 1.11. The number of nitrogens with zero attached hydrogens (tertiary/aromatic N) is 3. The normalized spacial score (nSPS) is 32.3. The van der Waals surface area contributed by atoms with Crippen LogP contribution in [-0.2, 0) is 0 Å². The maximum Gasteiger partial charge on any atom is 0.162 e. The number of rotatable bonds is 2. The molecule has 0 N–H and O–H groups in total. The fraction of sp³-hybridized carbons (Fsp3) is 0.467. The van der Waals surface area contributed by atoms with Crippen LogP contribution < -0.4 is 0 Å². The molecule has 0 amide bonds. The van der Waals surface area contributed by atoms with E-state index in [0.717, 1.165) is 17.8 Å². The Morgan fingerprint density at radius 2 is 1.95 bits per heavy atom. The molecule has 0 radical (unpaired) electrons. The molecule has 2 aliphatic rings. The van der Waals surface area contributed by atoms with Gasteiger partial charge in [0.2, 0.25) is 0 Å². The summed E-state index contributed by atoms with van der Waals surface area (Å²) in [4.78, 5) is 4.44. The third kappa shape index (κ3) is 1.70. The average Bonchev–Trinajstić information content (AvgIpc) is 2.87. The second-order valence-corrected chi connectivity index (χ2v) is 5.72. The van der Waals surface area contributed by atoms with Gasteiger partial charge in [0.25, 0.3) is 0 Å². The predicted octanol–water partition coefficient (Wildman–Crippen LogP) is 3.41. The van der Waals surface area contributed by atoms with Gasteiger partial charge in [-0.05, 0) is 17.9 Å². The van der Waals surface area contributed by atoms with Gasteiger partial charge in [0.05, 0.1) is 6.04 Å². The maximum atomic E-state index is 14.1. The Kier molecular flexibility index (Phi) is 2.28. The molecule has 1 aliphatic heterocycles. The number of hydrogen-bond donors (Lipinski definition) is 0. The zero-order valence-corrected chi connectivity index (χ0v) is 10.8. The zero-order chi connectivity index (χ0) is 13.0. The van der Waals surface area contributed by atoms with Crippen LogP contribution in [0.15, 0.2) is 30.3 Å². The van der Waals surface area contributed by atoms with Gasteiger partial charge in [0, 0.05) is 12.3 Å². The monoisotopic (exact) mass is 257 g/mol. The standard InChI is InChI=1S/C15H16FN3/c1-9-7-11(9)14-17-15-12(16)8-13(19(15)18-14)10-5-3-2-4-6-10/h2-6,9,11-13H,7-8H2,1H3/t9-,11-,12+,13+/m1/s1. The summed E-state index contributed by atoms with van der Waals surface area (Å²) < 4.78 is 15.9. The lowest BCUT2D eigenvalue weighted by Gasteiger charge is -2.11. The van der Waals surface area contributed by atoms with E-state index in [1.165, 1.54) is 0 Å². The molecule has 4 heteroatoms. The third-order valence-corrected chi connectivity index (χ3v) is 4.31. The van der Waals surface area contributed by atoms with Gasteiger partial charge >= 0.3 is 0 Å². The second-order valence-electron chi connectivity index (χ2n) is 5.72. The molecule has 1 saturated carbocycles. The van der Waals surface area contributed by atoms with Crippen LogP contribution in [0.5, 0.6) is 0 Å². The van der Waals surface area contributed by atoms with E-state index in [-0.39, 0.29) is 6.04 Å². The molecule has 0 bridgehead atoms. The Bertz CT molecular complexity index is 607. The number of aromatic nitrogens is 3. The number of fused-ring (bicyclic) bond motifs is 1. The van der Waals surface area contributed by atoms with Gasteiger partial charge in [0.15, 0.2) is 17.8 Å². The lowest BCUT2D eigenvalue weighted by molar-refractivity contribution is 0.328. The van der Waals surface area contributed by atoms with Crippen LogP contribution in [0.1, 0.15) is 55.1 Å². The van der Waals surface area contributed by atoms with Crippen molar-refractivity contribution in [1.29, 1.82) is 0 Å². The minimum Gasteiger partial charge on any atom is -0.239 e. The number of alkyl halides is 1. The highest BCUT2D eigenvalue weighted by atomic mass is 19.1. The predicted molar refractivity (Wildman–Crippen MR) is 69.6 cm³/mol. The topological polar surface area (TPSA) is 30.7 Å². The van der Waals surface area contributed by atoms with E-state index in [2.05, 4.69) is 17.0 Å². The van der Waals surface area contributed by atoms with E-state index in [1.807, 2.05) is 30.3 Å². The molecule has 3 nitrogen and oxygen atoms in total. The van der Waals surface area contributed by atoms with E-state index in [9.17, 15) is 4.39 Å². The van der Waals surface area contributed by atoms with Crippen LogP contribution >= 0.6 is 0 Å². The Labute approximate surface area is 111 Å². The fourth-order valence-corrected chi connectivity index (χ4v) is 2.99. The average molecular weight is 257 g/mol. The zero-order valence-electron chi connectivity index (χ0n) is 10.8. The first-order valence-electron chi connectivity index (χ1n) is 6.89.